The number of nitrogens with one attached hydrogen (secondary N) is 1. The molecule has 2 amide bonds. The molecular formula is C25H29Cl2FN2O2S. The van der Waals surface area contributed by atoms with Gasteiger partial charge in [0, 0.05) is 28.4 Å². The molecule has 1 saturated carbocycles. The molecule has 4 nitrogen and oxygen atoms in total. The van der Waals surface area contributed by atoms with Crippen molar-refractivity contribution in [1.82, 2.24) is 10.2 Å². The van der Waals surface area contributed by atoms with Crippen LogP contribution in [0.2, 0.25) is 10.0 Å². The van der Waals surface area contributed by atoms with E-state index >= 15 is 0 Å². The van der Waals surface area contributed by atoms with E-state index in [-0.39, 0.29) is 36.0 Å². The maximum Gasteiger partial charge on any atom is 0.242 e. The molecule has 0 heterocycles. The first-order valence-corrected chi connectivity index (χ1v) is 13.1. The first kappa shape index (κ1) is 25.9. The molecule has 178 valence electrons. The first-order valence-electron chi connectivity index (χ1n) is 11.2. The minimum Gasteiger partial charge on any atom is -0.352 e. The van der Waals surface area contributed by atoms with Crippen LogP contribution in [0.1, 0.15) is 50.2 Å². The van der Waals surface area contributed by atoms with Crippen LogP contribution in [0.5, 0.6) is 0 Å². The third kappa shape index (κ3) is 7.62. The minimum absolute atomic E-state index is 0.126. The van der Waals surface area contributed by atoms with Crippen LogP contribution in [0.3, 0.4) is 0 Å². The second-order valence-electron chi connectivity index (χ2n) is 8.36. The van der Waals surface area contributed by atoms with E-state index in [1.54, 1.807) is 48.2 Å². The molecule has 1 aliphatic carbocycles. The van der Waals surface area contributed by atoms with Crippen LogP contribution in [-0.2, 0) is 21.9 Å². The average molecular weight is 511 g/mol. The Kier molecular flexibility index (Phi) is 9.90. The van der Waals surface area contributed by atoms with Gasteiger partial charge in [-0.2, -0.15) is 0 Å². The van der Waals surface area contributed by atoms with Gasteiger partial charge in [0.15, 0.2) is 0 Å². The zero-order valence-corrected chi connectivity index (χ0v) is 21.0. The second-order valence-corrected chi connectivity index (χ2v) is 10.2. The summed E-state index contributed by atoms with van der Waals surface area (Å²) >= 11 is 13.7. The zero-order valence-electron chi connectivity index (χ0n) is 18.7. The molecule has 1 N–H and O–H groups in total. The molecule has 8 heteroatoms. The monoisotopic (exact) mass is 510 g/mol. The molecule has 1 atom stereocenters. The highest BCUT2D eigenvalue weighted by molar-refractivity contribution is 7.99. The molecule has 1 fully saturated rings. The fourth-order valence-electron chi connectivity index (χ4n) is 3.93. The van der Waals surface area contributed by atoms with Crippen LogP contribution in [0.25, 0.3) is 0 Å². The predicted molar refractivity (Wildman–Crippen MR) is 134 cm³/mol. The van der Waals surface area contributed by atoms with Crippen molar-refractivity contribution in [3.8, 4) is 0 Å². The number of nitrogens with zero attached hydrogens (tertiary/aromatic N) is 1. The highest BCUT2D eigenvalue weighted by Gasteiger charge is 2.28. The topological polar surface area (TPSA) is 49.4 Å². The van der Waals surface area contributed by atoms with Gasteiger partial charge in [-0.1, -0.05) is 66.7 Å². The Bertz CT molecular complexity index is 969. The van der Waals surface area contributed by atoms with E-state index in [1.807, 2.05) is 0 Å². The van der Waals surface area contributed by atoms with Gasteiger partial charge in [0.1, 0.15) is 11.9 Å². The molecule has 0 aromatic heterocycles. The Balaban J connectivity index is 1.69. The lowest BCUT2D eigenvalue weighted by Crippen LogP contribution is -2.50. The van der Waals surface area contributed by atoms with Gasteiger partial charge in [-0.25, -0.2) is 4.39 Å². The largest absolute Gasteiger partial charge is 0.352 e. The van der Waals surface area contributed by atoms with Gasteiger partial charge in [0.05, 0.1) is 5.75 Å². The van der Waals surface area contributed by atoms with E-state index in [0.29, 0.717) is 26.9 Å². The van der Waals surface area contributed by atoms with Crippen LogP contribution >= 0.6 is 35.0 Å². The van der Waals surface area contributed by atoms with E-state index in [9.17, 15) is 14.0 Å². The van der Waals surface area contributed by atoms with E-state index in [1.165, 1.54) is 24.2 Å². The smallest absolute Gasteiger partial charge is 0.242 e. The van der Waals surface area contributed by atoms with E-state index in [2.05, 4.69) is 5.32 Å². The zero-order chi connectivity index (χ0) is 23.8. The Morgan fingerprint density at radius 2 is 1.85 bits per heavy atom. The van der Waals surface area contributed by atoms with Gasteiger partial charge in [-0.05, 0) is 49.1 Å². The van der Waals surface area contributed by atoms with Gasteiger partial charge in [0.2, 0.25) is 11.8 Å². The molecule has 0 saturated heterocycles. The number of carbonyl (C=O) groups excluding carboxylic acids is 2. The molecule has 0 spiro atoms. The van der Waals surface area contributed by atoms with E-state index in [0.717, 1.165) is 25.7 Å². The van der Waals surface area contributed by atoms with Gasteiger partial charge in [-0.3, -0.25) is 9.59 Å². The lowest BCUT2D eigenvalue weighted by Gasteiger charge is -2.31. The van der Waals surface area contributed by atoms with Crippen molar-refractivity contribution < 1.29 is 14.0 Å². The fraction of sp³-hybridized carbons (Fsp3) is 0.440. The number of thioether (sulfide) groups is 1. The summed E-state index contributed by atoms with van der Waals surface area (Å²) in [5, 5.41) is 4.06. The third-order valence-corrected chi connectivity index (χ3v) is 7.47. The van der Waals surface area contributed by atoms with E-state index < -0.39 is 6.04 Å². The number of hydrogen-bond acceptors (Lipinski definition) is 3. The molecule has 33 heavy (non-hydrogen) atoms. The predicted octanol–water partition coefficient (Wildman–Crippen LogP) is 6.23. The number of amides is 2. The Morgan fingerprint density at radius 3 is 2.55 bits per heavy atom. The number of benzene rings is 2. The van der Waals surface area contributed by atoms with Crippen molar-refractivity contribution >= 4 is 46.8 Å². The molecule has 0 bridgehead atoms. The van der Waals surface area contributed by atoms with Crippen molar-refractivity contribution in [3.63, 3.8) is 0 Å². The maximum atomic E-state index is 13.9. The van der Waals surface area contributed by atoms with Crippen molar-refractivity contribution in [2.24, 2.45) is 0 Å². The number of halogens is 3. The average Bonchev–Trinajstić information content (AvgIpc) is 2.80. The van der Waals surface area contributed by atoms with Crippen molar-refractivity contribution in [1.29, 1.82) is 0 Å². The van der Waals surface area contributed by atoms with Crippen molar-refractivity contribution in [3.05, 3.63) is 69.5 Å². The van der Waals surface area contributed by atoms with Gasteiger partial charge in [0.25, 0.3) is 0 Å². The molecule has 2 aromatic carbocycles. The second kappa shape index (κ2) is 12.6. The van der Waals surface area contributed by atoms with Crippen LogP contribution in [-0.4, -0.2) is 34.6 Å². The normalized spacial score (nSPS) is 15.2. The Hall–Kier alpha value is -1.76. The lowest BCUT2D eigenvalue weighted by molar-refractivity contribution is -0.139. The van der Waals surface area contributed by atoms with Crippen LogP contribution < -0.4 is 5.32 Å². The molecule has 0 unspecified atom stereocenters. The van der Waals surface area contributed by atoms with Gasteiger partial charge >= 0.3 is 0 Å². The van der Waals surface area contributed by atoms with Crippen LogP contribution in [0, 0.1) is 5.82 Å². The highest BCUT2D eigenvalue weighted by atomic mass is 35.5. The summed E-state index contributed by atoms with van der Waals surface area (Å²) in [4.78, 5) is 27.8. The van der Waals surface area contributed by atoms with Crippen LogP contribution in [0.4, 0.5) is 4.39 Å². The molecule has 2 aromatic rings. The minimum atomic E-state index is -0.666. The third-order valence-electron chi connectivity index (χ3n) is 5.92. The standard InChI is InChI=1S/C25H29Cl2FN2O2S/c1-17(25(32)29-21-8-3-2-4-9-21)30(14-18-11-12-20(26)13-22(18)27)24(31)16-33-15-19-7-5-6-10-23(19)28/h5-7,10-13,17,21H,2-4,8-9,14-16H2,1H3,(H,29,32)/t17-/m1/s1. The highest BCUT2D eigenvalue weighted by Crippen LogP contribution is 2.24. The van der Waals surface area contributed by atoms with Crippen molar-refractivity contribution in [2.45, 2.75) is 63.4 Å². The maximum absolute atomic E-state index is 13.9. The SMILES string of the molecule is C[C@H](C(=O)NC1CCCCC1)N(Cc1ccc(Cl)cc1Cl)C(=O)CSCc1ccccc1F. The molecule has 3 rings (SSSR count). The fourth-order valence-corrected chi connectivity index (χ4v) is 5.30. The van der Waals surface area contributed by atoms with Gasteiger partial charge in [-0.15, -0.1) is 11.8 Å². The molecular weight excluding hydrogens is 482 g/mol. The number of hydrogen-bond donors (Lipinski definition) is 1. The molecule has 1 aliphatic rings. The summed E-state index contributed by atoms with van der Waals surface area (Å²) in [6, 6.07) is 11.1. The summed E-state index contributed by atoms with van der Waals surface area (Å²) in [5.74, 6) is -0.160. The summed E-state index contributed by atoms with van der Waals surface area (Å²) in [7, 11) is 0. The number of rotatable bonds is 9. The Morgan fingerprint density at radius 1 is 1.12 bits per heavy atom. The van der Waals surface area contributed by atoms with E-state index in [4.69, 9.17) is 23.2 Å². The molecule has 0 radical (unpaired) electrons. The van der Waals surface area contributed by atoms with Gasteiger partial charge < -0.3 is 10.2 Å². The quantitative estimate of drug-likeness (QED) is 0.434. The lowest BCUT2D eigenvalue weighted by atomic mass is 9.95. The number of carbonyl (C=O) groups is 2. The summed E-state index contributed by atoms with van der Waals surface area (Å²) in [6.45, 7) is 1.93. The Labute approximate surface area is 209 Å². The summed E-state index contributed by atoms with van der Waals surface area (Å²) < 4.78 is 13.9. The molecule has 0 aliphatic heterocycles. The summed E-state index contributed by atoms with van der Waals surface area (Å²) in [6.07, 6.45) is 5.34. The summed E-state index contributed by atoms with van der Waals surface area (Å²) in [5.41, 5.74) is 1.26. The first-order chi connectivity index (χ1) is 15.8. The van der Waals surface area contributed by atoms with Crippen LogP contribution in [0.15, 0.2) is 42.5 Å². The van der Waals surface area contributed by atoms with Crippen molar-refractivity contribution in [2.75, 3.05) is 5.75 Å².